The molecule has 7 heteroatoms. The molecule has 1 aromatic heterocycles. The maximum absolute atomic E-state index is 5.18. The summed E-state index contributed by atoms with van der Waals surface area (Å²) in [6.07, 6.45) is 0. The summed E-state index contributed by atoms with van der Waals surface area (Å²) in [5, 5.41) is 7.03. The Morgan fingerprint density at radius 2 is 2.09 bits per heavy atom. The van der Waals surface area contributed by atoms with E-state index in [9.17, 15) is 0 Å². The van der Waals surface area contributed by atoms with Gasteiger partial charge in [-0.3, -0.25) is 0 Å². The predicted molar refractivity (Wildman–Crippen MR) is 88.3 cm³/mol. The lowest BCUT2D eigenvalue weighted by atomic mass is 10.2. The van der Waals surface area contributed by atoms with Crippen molar-refractivity contribution < 1.29 is 9.26 Å². The zero-order chi connectivity index (χ0) is 16.7. The fourth-order valence-corrected chi connectivity index (χ4v) is 2.10. The quantitative estimate of drug-likeness (QED) is 0.648. The molecule has 2 aromatic rings. The summed E-state index contributed by atoms with van der Waals surface area (Å²) in [5.41, 5.74) is 1.17. The fourth-order valence-electron chi connectivity index (χ4n) is 2.10. The predicted octanol–water partition coefficient (Wildman–Crippen LogP) is 1.98. The largest absolute Gasteiger partial charge is 0.497 e. The molecule has 0 aliphatic carbocycles. The molecular formula is C16H23N5O2. The van der Waals surface area contributed by atoms with E-state index >= 15 is 0 Å². The minimum Gasteiger partial charge on any atom is -0.497 e. The van der Waals surface area contributed by atoms with Gasteiger partial charge < -0.3 is 19.5 Å². The van der Waals surface area contributed by atoms with Crippen molar-refractivity contribution in [1.82, 2.24) is 20.4 Å². The summed E-state index contributed by atoms with van der Waals surface area (Å²) < 4.78 is 10.3. The summed E-state index contributed by atoms with van der Waals surface area (Å²) >= 11 is 0. The molecule has 0 amide bonds. The molecular weight excluding hydrogens is 294 g/mol. The number of hydrogen-bond donors (Lipinski definition) is 1. The third-order valence-electron chi connectivity index (χ3n) is 3.21. The summed E-state index contributed by atoms with van der Waals surface area (Å²) in [6.45, 7) is 5.70. The summed E-state index contributed by atoms with van der Waals surface area (Å²) in [5.74, 6) is 2.77. The van der Waals surface area contributed by atoms with E-state index in [-0.39, 0.29) is 0 Å². The van der Waals surface area contributed by atoms with Crippen molar-refractivity contribution in [3.05, 3.63) is 41.5 Å². The van der Waals surface area contributed by atoms with Gasteiger partial charge in [-0.1, -0.05) is 17.3 Å². The number of rotatable bonds is 6. The Balaban J connectivity index is 2.02. The zero-order valence-corrected chi connectivity index (χ0v) is 14.0. The number of aromatic nitrogens is 2. The maximum atomic E-state index is 5.18. The Kier molecular flexibility index (Phi) is 5.96. The highest BCUT2D eigenvalue weighted by Crippen LogP contribution is 2.12. The van der Waals surface area contributed by atoms with Gasteiger partial charge in [-0.15, -0.1) is 0 Å². The molecule has 0 saturated heterocycles. The molecule has 1 N–H and O–H groups in total. The summed E-state index contributed by atoms with van der Waals surface area (Å²) in [6, 6.07) is 7.99. The molecule has 0 atom stereocenters. The van der Waals surface area contributed by atoms with Gasteiger partial charge in [0.15, 0.2) is 11.8 Å². The van der Waals surface area contributed by atoms with Crippen molar-refractivity contribution in [2.24, 2.45) is 4.99 Å². The van der Waals surface area contributed by atoms with E-state index in [4.69, 9.17) is 9.26 Å². The highest BCUT2D eigenvalue weighted by molar-refractivity contribution is 5.79. The van der Waals surface area contributed by atoms with Crippen molar-refractivity contribution in [3.63, 3.8) is 0 Å². The molecule has 0 saturated carbocycles. The second kappa shape index (κ2) is 8.17. The molecule has 1 heterocycles. The maximum Gasteiger partial charge on any atom is 0.248 e. The minimum absolute atomic E-state index is 0.357. The molecule has 23 heavy (non-hydrogen) atoms. The second-order valence-electron chi connectivity index (χ2n) is 5.11. The van der Waals surface area contributed by atoms with Gasteiger partial charge in [-0.25, -0.2) is 4.99 Å². The Morgan fingerprint density at radius 3 is 2.65 bits per heavy atom. The van der Waals surface area contributed by atoms with Crippen LogP contribution in [0.2, 0.25) is 0 Å². The van der Waals surface area contributed by atoms with Gasteiger partial charge in [-0.05, 0) is 31.5 Å². The molecule has 0 aliphatic rings. The summed E-state index contributed by atoms with van der Waals surface area (Å²) in [4.78, 5) is 10.7. The highest BCUT2D eigenvalue weighted by Gasteiger charge is 2.08. The molecule has 0 unspecified atom stereocenters. The molecule has 0 radical (unpaired) electrons. The monoisotopic (exact) mass is 317 g/mol. The average molecular weight is 317 g/mol. The van der Waals surface area contributed by atoms with E-state index in [0.717, 1.165) is 24.8 Å². The van der Waals surface area contributed by atoms with Gasteiger partial charge in [0.05, 0.1) is 7.11 Å². The smallest absolute Gasteiger partial charge is 0.248 e. The van der Waals surface area contributed by atoms with Crippen LogP contribution < -0.4 is 10.1 Å². The third-order valence-corrected chi connectivity index (χ3v) is 3.21. The molecule has 0 fully saturated rings. The SMILES string of the molecule is CCNC(=NCc1nc(C)no1)N(C)Cc1ccc(OC)cc1. The van der Waals surface area contributed by atoms with Crippen molar-refractivity contribution in [3.8, 4) is 5.75 Å². The van der Waals surface area contributed by atoms with Crippen LogP contribution in [0.4, 0.5) is 0 Å². The van der Waals surface area contributed by atoms with E-state index in [1.54, 1.807) is 14.0 Å². The van der Waals surface area contributed by atoms with Crippen molar-refractivity contribution >= 4 is 5.96 Å². The highest BCUT2D eigenvalue weighted by atomic mass is 16.5. The Bertz CT molecular complexity index is 636. The van der Waals surface area contributed by atoms with Gasteiger partial charge in [0.25, 0.3) is 0 Å². The average Bonchev–Trinajstić information content (AvgIpc) is 2.97. The molecule has 0 bridgehead atoms. The lowest BCUT2D eigenvalue weighted by molar-refractivity contribution is 0.375. The number of aliphatic imine (C=N–C) groups is 1. The number of methoxy groups -OCH3 is 1. The lowest BCUT2D eigenvalue weighted by Gasteiger charge is -2.22. The van der Waals surface area contributed by atoms with Gasteiger partial charge in [0.1, 0.15) is 12.3 Å². The number of ether oxygens (including phenoxy) is 1. The van der Waals surface area contributed by atoms with Crippen LogP contribution in [-0.4, -0.2) is 41.7 Å². The van der Waals surface area contributed by atoms with Crippen LogP contribution in [0.25, 0.3) is 0 Å². The number of hydrogen-bond acceptors (Lipinski definition) is 5. The number of nitrogens with zero attached hydrogens (tertiary/aromatic N) is 4. The first-order valence-electron chi connectivity index (χ1n) is 7.54. The van der Waals surface area contributed by atoms with Gasteiger partial charge >= 0.3 is 0 Å². The molecule has 7 nitrogen and oxygen atoms in total. The van der Waals surface area contributed by atoms with Crippen LogP contribution in [0, 0.1) is 6.92 Å². The van der Waals surface area contributed by atoms with Crippen molar-refractivity contribution in [1.29, 1.82) is 0 Å². The standard InChI is InChI=1S/C16H23N5O2/c1-5-17-16(18-10-15-19-12(2)20-23-15)21(3)11-13-6-8-14(22-4)9-7-13/h6-9H,5,10-11H2,1-4H3,(H,17,18). The van der Waals surface area contributed by atoms with E-state index in [1.807, 2.05) is 38.2 Å². The minimum atomic E-state index is 0.357. The van der Waals surface area contributed by atoms with E-state index in [2.05, 4.69) is 25.3 Å². The van der Waals surface area contributed by atoms with E-state index in [0.29, 0.717) is 18.3 Å². The van der Waals surface area contributed by atoms with Crippen LogP contribution in [-0.2, 0) is 13.1 Å². The van der Waals surface area contributed by atoms with Crippen molar-refractivity contribution in [2.75, 3.05) is 20.7 Å². The zero-order valence-electron chi connectivity index (χ0n) is 14.0. The van der Waals surface area contributed by atoms with E-state index < -0.39 is 0 Å². The first kappa shape index (κ1) is 16.8. The van der Waals surface area contributed by atoms with Crippen LogP contribution in [0.3, 0.4) is 0 Å². The van der Waals surface area contributed by atoms with Crippen molar-refractivity contribution in [2.45, 2.75) is 26.9 Å². The normalized spacial score (nSPS) is 11.4. The van der Waals surface area contributed by atoms with Crippen LogP contribution in [0.1, 0.15) is 24.2 Å². The number of nitrogens with one attached hydrogen (secondary N) is 1. The number of aryl methyl sites for hydroxylation is 1. The number of benzene rings is 1. The molecule has 0 aliphatic heterocycles. The molecule has 124 valence electrons. The summed E-state index contributed by atoms with van der Waals surface area (Å²) in [7, 11) is 3.65. The second-order valence-corrected chi connectivity index (χ2v) is 5.11. The van der Waals surface area contributed by atoms with Crippen LogP contribution in [0.5, 0.6) is 5.75 Å². The first-order chi connectivity index (χ1) is 11.1. The fraction of sp³-hybridized carbons (Fsp3) is 0.438. The Hall–Kier alpha value is -2.57. The molecule has 2 rings (SSSR count). The topological polar surface area (TPSA) is 75.8 Å². The molecule has 1 aromatic carbocycles. The molecule has 0 spiro atoms. The lowest BCUT2D eigenvalue weighted by Crippen LogP contribution is -2.38. The van der Waals surface area contributed by atoms with Gasteiger partial charge in [0.2, 0.25) is 5.89 Å². The van der Waals surface area contributed by atoms with E-state index in [1.165, 1.54) is 5.56 Å². The first-order valence-corrected chi connectivity index (χ1v) is 7.54. The van der Waals surface area contributed by atoms with Crippen LogP contribution in [0.15, 0.2) is 33.8 Å². The van der Waals surface area contributed by atoms with Gasteiger partial charge in [0, 0.05) is 20.1 Å². The van der Waals surface area contributed by atoms with Crippen LogP contribution >= 0.6 is 0 Å². The Morgan fingerprint density at radius 1 is 1.35 bits per heavy atom. The Labute approximate surface area is 136 Å². The van der Waals surface area contributed by atoms with Gasteiger partial charge in [-0.2, -0.15) is 4.98 Å². The third kappa shape index (κ3) is 4.98. The number of guanidine groups is 1.